The number of hydrogen-bond donors (Lipinski definition) is 2. The zero-order valence-electron chi connectivity index (χ0n) is 11.0. The molecule has 1 saturated heterocycles. The first-order chi connectivity index (χ1) is 9.15. The van der Waals surface area contributed by atoms with Gasteiger partial charge in [0.1, 0.15) is 0 Å². The summed E-state index contributed by atoms with van der Waals surface area (Å²) in [5, 5.41) is 3.22. The molecule has 1 aliphatic carbocycles. The highest BCUT2D eigenvalue weighted by atomic mass is 32.2. The SMILES string of the molecule is O=S(=O)(NC1CCCNC1)c1ccc2c(c1)CCC2. The quantitative estimate of drug-likeness (QED) is 0.875. The highest BCUT2D eigenvalue weighted by Gasteiger charge is 2.23. The monoisotopic (exact) mass is 280 g/mol. The van der Waals surface area contributed by atoms with E-state index < -0.39 is 10.0 Å². The Balaban J connectivity index is 1.79. The number of hydrogen-bond acceptors (Lipinski definition) is 3. The second-order valence-corrected chi connectivity index (χ2v) is 7.16. The number of sulfonamides is 1. The normalized spacial score (nSPS) is 23.3. The average Bonchev–Trinajstić information content (AvgIpc) is 2.86. The third-order valence-corrected chi connectivity index (χ3v) is 5.52. The third kappa shape index (κ3) is 2.83. The third-order valence-electron chi connectivity index (χ3n) is 4.00. The zero-order chi connectivity index (χ0) is 13.3. The van der Waals surface area contributed by atoms with Crippen LogP contribution in [0.25, 0.3) is 0 Å². The second-order valence-electron chi connectivity index (χ2n) is 5.45. The van der Waals surface area contributed by atoms with E-state index in [2.05, 4.69) is 10.0 Å². The predicted molar refractivity (Wildman–Crippen MR) is 74.7 cm³/mol. The average molecular weight is 280 g/mol. The van der Waals surface area contributed by atoms with Gasteiger partial charge in [-0.05, 0) is 61.9 Å². The Hall–Kier alpha value is -0.910. The summed E-state index contributed by atoms with van der Waals surface area (Å²) >= 11 is 0. The van der Waals surface area contributed by atoms with Gasteiger partial charge in [0, 0.05) is 12.6 Å². The summed E-state index contributed by atoms with van der Waals surface area (Å²) in [6, 6.07) is 5.58. The van der Waals surface area contributed by atoms with Crippen LogP contribution in [0.1, 0.15) is 30.4 Å². The van der Waals surface area contributed by atoms with Crippen LogP contribution in [0.4, 0.5) is 0 Å². The van der Waals surface area contributed by atoms with Gasteiger partial charge in [-0.3, -0.25) is 0 Å². The molecule has 0 bridgehead atoms. The van der Waals surface area contributed by atoms with E-state index in [0.29, 0.717) is 4.90 Å². The van der Waals surface area contributed by atoms with E-state index in [1.165, 1.54) is 11.1 Å². The number of fused-ring (bicyclic) bond motifs is 1. The molecule has 1 aliphatic heterocycles. The first-order valence-corrected chi connectivity index (χ1v) is 8.48. The van der Waals surface area contributed by atoms with E-state index in [4.69, 9.17) is 0 Å². The Labute approximate surface area is 114 Å². The molecule has 1 atom stereocenters. The first-order valence-electron chi connectivity index (χ1n) is 7.00. The van der Waals surface area contributed by atoms with Crippen molar-refractivity contribution in [3.63, 3.8) is 0 Å². The van der Waals surface area contributed by atoms with Crippen LogP contribution in [0.5, 0.6) is 0 Å². The summed E-state index contributed by atoms with van der Waals surface area (Å²) < 4.78 is 27.5. The molecule has 19 heavy (non-hydrogen) atoms. The maximum Gasteiger partial charge on any atom is 0.240 e. The minimum absolute atomic E-state index is 0.0204. The molecule has 3 rings (SSSR count). The van der Waals surface area contributed by atoms with Crippen LogP contribution < -0.4 is 10.0 Å². The number of rotatable bonds is 3. The van der Waals surface area contributed by atoms with Gasteiger partial charge in [-0.25, -0.2) is 13.1 Å². The van der Waals surface area contributed by atoms with Gasteiger partial charge in [0.15, 0.2) is 0 Å². The summed E-state index contributed by atoms with van der Waals surface area (Å²) in [6.07, 6.45) is 5.16. The molecule has 2 N–H and O–H groups in total. The Morgan fingerprint density at radius 2 is 2.00 bits per heavy atom. The Morgan fingerprint density at radius 3 is 2.79 bits per heavy atom. The number of benzene rings is 1. The minimum atomic E-state index is -3.37. The van der Waals surface area contributed by atoms with E-state index >= 15 is 0 Å². The van der Waals surface area contributed by atoms with Crippen molar-refractivity contribution in [1.29, 1.82) is 0 Å². The van der Waals surface area contributed by atoms with Crippen molar-refractivity contribution in [1.82, 2.24) is 10.0 Å². The Bertz CT molecular complexity index is 563. The molecule has 0 spiro atoms. The molecule has 104 valence electrons. The predicted octanol–water partition coefficient (Wildman–Crippen LogP) is 1.21. The van der Waals surface area contributed by atoms with Crippen LogP contribution in [-0.2, 0) is 22.9 Å². The van der Waals surface area contributed by atoms with Gasteiger partial charge in [0.25, 0.3) is 0 Å². The lowest BCUT2D eigenvalue weighted by Gasteiger charge is -2.23. The lowest BCUT2D eigenvalue weighted by atomic mass is 10.1. The van der Waals surface area contributed by atoms with Crippen LogP contribution in [0, 0.1) is 0 Å². The van der Waals surface area contributed by atoms with E-state index in [9.17, 15) is 8.42 Å². The molecular weight excluding hydrogens is 260 g/mol. The number of nitrogens with one attached hydrogen (secondary N) is 2. The fraction of sp³-hybridized carbons (Fsp3) is 0.571. The molecule has 0 aromatic heterocycles. The zero-order valence-corrected chi connectivity index (χ0v) is 11.8. The van der Waals surface area contributed by atoms with Crippen molar-refractivity contribution in [2.45, 2.75) is 43.0 Å². The molecule has 0 saturated carbocycles. The van der Waals surface area contributed by atoms with Gasteiger partial charge in [0.05, 0.1) is 4.90 Å². The number of piperidine rings is 1. The Morgan fingerprint density at radius 1 is 1.16 bits per heavy atom. The highest BCUT2D eigenvalue weighted by Crippen LogP contribution is 2.24. The van der Waals surface area contributed by atoms with Crippen LogP contribution in [0.3, 0.4) is 0 Å². The summed E-state index contributed by atoms with van der Waals surface area (Å²) in [5.74, 6) is 0. The topological polar surface area (TPSA) is 58.2 Å². The van der Waals surface area contributed by atoms with E-state index in [0.717, 1.165) is 45.2 Å². The summed E-state index contributed by atoms with van der Waals surface area (Å²) in [4.78, 5) is 0.415. The molecule has 1 heterocycles. The standard InChI is InChI=1S/C14H20N2O2S/c17-19(18,16-13-5-2-8-15-10-13)14-7-6-11-3-1-4-12(11)9-14/h6-7,9,13,15-16H,1-5,8,10H2. The van der Waals surface area contributed by atoms with Crippen LogP contribution in [0.15, 0.2) is 23.1 Å². The fourth-order valence-corrected chi connectivity index (χ4v) is 4.28. The van der Waals surface area contributed by atoms with Crippen molar-refractivity contribution in [2.75, 3.05) is 13.1 Å². The van der Waals surface area contributed by atoms with Crippen LogP contribution in [0.2, 0.25) is 0 Å². The van der Waals surface area contributed by atoms with Crippen LogP contribution >= 0.6 is 0 Å². The highest BCUT2D eigenvalue weighted by molar-refractivity contribution is 7.89. The maximum absolute atomic E-state index is 12.4. The molecule has 5 heteroatoms. The van der Waals surface area contributed by atoms with Gasteiger partial charge in [-0.1, -0.05) is 6.07 Å². The van der Waals surface area contributed by atoms with E-state index in [1.807, 2.05) is 12.1 Å². The number of aryl methyl sites for hydroxylation is 2. The van der Waals surface area contributed by atoms with E-state index in [1.54, 1.807) is 6.07 Å². The lowest BCUT2D eigenvalue weighted by Crippen LogP contribution is -2.45. The molecule has 1 aromatic carbocycles. The van der Waals surface area contributed by atoms with E-state index in [-0.39, 0.29) is 6.04 Å². The largest absolute Gasteiger partial charge is 0.315 e. The lowest BCUT2D eigenvalue weighted by molar-refractivity contribution is 0.428. The molecule has 4 nitrogen and oxygen atoms in total. The first kappa shape index (κ1) is 13.1. The van der Waals surface area contributed by atoms with Gasteiger partial charge < -0.3 is 5.32 Å². The van der Waals surface area contributed by atoms with Crippen LogP contribution in [-0.4, -0.2) is 27.5 Å². The molecule has 1 fully saturated rings. The Kier molecular flexibility index (Phi) is 3.60. The van der Waals surface area contributed by atoms with Gasteiger partial charge in [0.2, 0.25) is 10.0 Å². The van der Waals surface area contributed by atoms with Crippen molar-refractivity contribution in [3.05, 3.63) is 29.3 Å². The van der Waals surface area contributed by atoms with Crippen molar-refractivity contribution in [2.24, 2.45) is 0 Å². The molecule has 0 amide bonds. The molecule has 2 aliphatic rings. The second kappa shape index (κ2) is 5.23. The molecule has 1 aromatic rings. The van der Waals surface area contributed by atoms with Crippen molar-refractivity contribution >= 4 is 10.0 Å². The van der Waals surface area contributed by atoms with Crippen molar-refractivity contribution in [3.8, 4) is 0 Å². The molecule has 0 radical (unpaired) electrons. The maximum atomic E-state index is 12.4. The summed E-state index contributed by atoms with van der Waals surface area (Å²) in [5.41, 5.74) is 2.50. The summed E-state index contributed by atoms with van der Waals surface area (Å²) in [7, 11) is -3.37. The van der Waals surface area contributed by atoms with Gasteiger partial charge in [-0.2, -0.15) is 0 Å². The van der Waals surface area contributed by atoms with Gasteiger partial charge in [-0.15, -0.1) is 0 Å². The molecule has 1 unspecified atom stereocenters. The fourth-order valence-electron chi connectivity index (χ4n) is 2.96. The van der Waals surface area contributed by atoms with Crippen molar-refractivity contribution < 1.29 is 8.42 Å². The van der Waals surface area contributed by atoms with Gasteiger partial charge >= 0.3 is 0 Å². The molecular formula is C14H20N2O2S. The summed E-state index contributed by atoms with van der Waals surface area (Å²) in [6.45, 7) is 1.71. The smallest absolute Gasteiger partial charge is 0.240 e. The minimum Gasteiger partial charge on any atom is -0.315 e.